The van der Waals surface area contributed by atoms with Gasteiger partial charge in [-0.3, -0.25) is 9.80 Å². The number of fused-ring (bicyclic) bond motifs is 1. The fourth-order valence-corrected chi connectivity index (χ4v) is 5.99. The molecule has 158 valence electrons. The monoisotopic (exact) mass is 400 g/mol. The van der Waals surface area contributed by atoms with Crippen molar-refractivity contribution >= 4 is 5.57 Å². The van der Waals surface area contributed by atoms with Gasteiger partial charge >= 0.3 is 0 Å². The highest BCUT2D eigenvalue weighted by Gasteiger charge is 2.38. The Bertz CT molecular complexity index is 881. The summed E-state index contributed by atoms with van der Waals surface area (Å²) in [6.45, 7) is 10.8. The first-order valence-electron chi connectivity index (χ1n) is 11.9. The molecule has 30 heavy (non-hydrogen) atoms. The molecule has 1 aliphatic carbocycles. The van der Waals surface area contributed by atoms with Gasteiger partial charge in [-0.15, -0.1) is 0 Å². The van der Waals surface area contributed by atoms with E-state index >= 15 is 0 Å². The summed E-state index contributed by atoms with van der Waals surface area (Å²) in [6, 6.07) is 20.5. The van der Waals surface area contributed by atoms with Gasteiger partial charge in [-0.05, 0) is 74.3 Å². The van der Waals surface area contributed by atoms with E-state index in [4.69, 9.17) is 0 Å². The Morgan fingerprint density at radius 2 is 1.73 bits per heavy atom. The summed E-state index contributed by atoms with van der Waals surface area (Å²) in [6.07, 6.45) is 7.63. The van der Waals surface area contributed by atoms with E-state index in [1.807, 2.05) is 0 Å². The third-order valence-electron chi connectivity index (χ3n) is 7.84. The number of likely N-dealkylation sites (tertiary alicyclic amines) is 2. The van der Waals surface area contributed by atoms with Crippen molar-refractivity contribution in [1.82, 2.24) is 9.80 Å². The smallest absolute Gasteiger partial charge is 0.0234 e. The SMILES string of the molecule is CC1(C)CCCN1CCc1ccc(C2=CCC3CN(Cc4ccccc4)CC23)cc1. The van der Waals surface area contributed by atoms with Crippen molar-refractivity contribution in [3.05, 3.63) is 77.4 Å². The summed E-state index contributed by atoms with van der Waals surface area (Å²) in [7, 11) is 0. The van der Waals surface area contributed by atoms with E-state index in [-0.39, 0.29) is 0 Å². The molecular formula is C28H36N2. The van der Waals surface area contributed by atoms with Gasteiger partial charge in [-0.1, -0.05) is 60.7 Å². The molecule has 0 saturated carbocycles. The van der Waals surface area contributed by atoms with E-state index in [0.29, 0.717) is 11.5 Å². The average molecular weight is 401 g/mol. The first kappa shape index (κ1) is 20.0. The number of allylic oxidation sites excluding steroid dienone is 1. The minimum absolute atomic E-state index is 0.387. The van der Waals surface area contributed by atoms with Crippen LogP contribution in [0.3, 0.4) is 0 Å². The van der Waals surface area contributed by atoms with Gasteiger partial charge in [-0.2, -0.15) is 0 Å². The lowest BCUT2D eigenvalue weighted by Gasteiger charge is -2.31. The Morgan fingerprint density at radius 3 is 2.47 bits per heavy atom. The van der Waals surface area contributed by atoms with Crippen molar-refractivity contribution in [2.24, 2.45) is 11.8 Å². The fraction of sp³-hybridized carbons (Fsp3) is 0.500. The Balaban J connectivity index is 1.19. The van der Waals surface area contributed by atoms with Crippen LogP contribution in [0.4, 0.5) is 0 Å². The van der Waals surface area contributed by atoms with Crippen molar-refractivity contribution in [3.8, 4) is 0 Å². The van der Waals surface area contributed by atoms with Crippen LogP contribution < -0.4 is 0 Å². The first-order chi connectivity index (χ1) is 14.6. The Morgan fingerprint density at radius 1 is 0.933 bits per heavy atom. The molecule has 2 aromatic rings. The highest BCUT2D eigenvalue weighted by Crippen LogP contribution is 2.43. The molecule has 0 bridgehead atoms. The van der Waals surface area contributed by atoms with Crippen LogP contribution in [0.15, 0.2) is 60.7 Å². The summed E-state index contributed by atoms with van der Waals surface area (Å²) >= 11 is 0. The van der Waals surface area contributed by atoms with Crippen LogP contribution >= 0.6 is 0 Å². The molecule has 0 aromatic heterocycles. The zero-order chi connectivity index (χ0) is 20.6. The summed E-state index contributed by atoms with van der Waals surface area (Å²) in [5, 5.41) is 0. The standard InChI is InChI=1S/C28H36N2/c1-28(2)16-6-17-30(28)18-15-22-9-11-24(12-10-22)26-14-13-25-20-29(21-27(25)26)19-23-7-4-3-5-8-23/h3-5,7-12,14,25,27H,6,13,15-21H2,1-2H3. The zero-order valence-electron chi connectivity index (χ0n) is 18.7. The summed E-state index contributed by atoms with van der Waals surface area (Å²) in [4.78, 5) is 5.33. The molecule has 3 aliphatic rings. The van der Waals surface area contributed by atoms with Crippen LogP contribution in [0, 0.1) is 11.8 Å². The minimum atomic E-state index is 0.387. The van der Waals surface area contributed by atoms with E-state index in [0.717, 1.165) is 12.5 Å². The topological polar surface area (TPSA) is 6.48 Å². The molecule has 2 fully saturated rings. The van der Waals surface area contributed by atoms with Crippen LogP contribution in [0.25, 0.3) is 5.57 Å². The van der Waals surface area contributed by atoms with Gasteiger partial charge in [0.2, 0.25) is 0 Å². The van der Waals surface area contributed by atoms with Crippen molar-refractivity contribution < 1.29 is 0 Å². The normalized spacial score (nSPS) is 26.1. The van der Waals surface area contributed by atoms with E-state index in [1.165, 1.54) is 68.6 Å². The lowest BCUT2D eigenvalue weighted by molar-refractivity contribution is 0.177. The molecular weight excluding hydrogens is 364 g/mol. The van der Waals surface area contributed by atoms with Crippen LogP contribution in [0.2, 0.25) is 0 Å². The van der Waals surface area contributed by atoms with E-state index in [2.05, 4.69) is 84.3 Å². The van der Waals surface area contributed by atoms with Crippen LogP contribution in [0.1, 0.15) is 49.8 Å². The quantitative estimate of drug-likeness (QED) is 0.619. The third kappa shape index (κ3) is 4.13. The summed E-state index contributed by atoms with van der Waals surface area (Å²) < 4.78 is 0. The van der Waals surface area contributed by atoms with Crippen molar-refractivity contribution in [2.75, 3.05) is 26.2 Å². The maximum absolute atomic E-state index is 2.67. The lowest BCUT2D eigenvalue weighted by atomic mass is 9.90. The van der Waals surface area contributed by atoms with Gasteiger partial charge in [-0.25, -0.2) is 0 Å². The number of hydrogen-bond acceptors (Lipinski definition) is 2. The highest BCUT2D eigenvalue weighted by molar-refractivity contribution is 5.70. The number of rotatable bonds is 6. The second-order valence-electron chi connectivity index (χ2n) is 10.3. The van der Waals surface area contributed by atoms with Crippen LogP contribution in [-0.4, -0.2) is 41.5 Å². The Labute approximate surface area is 182 Å². The van der Waals surface area contributed by atoms with Crippen LogP contribution in [0.5, 0.6) is 0 Å². The second kappa shape index (κ2) is 8.32. The summed E-state index contributed by atoms with van der Waals surface area (Å²) in [5.74, 6) is 1.52. The fourth-order valence-electron chi connectivity index (χ4n) is 5.99. The molecule has 2 aromatic carbocycles. The molecule has 0 amide bonds. The predicted molar refractivity (Wildman–Crippen MR) is 126 cm³/mol. The van der Waals surface area contributed by atoms with Crippen molar-refractivity contribution in [1.29, 1.82) is 0 Å². The second-order valence-corrected chi connectivity index (χ2v) is 10.3. The number of hydrogen-bond donors (Lipinski definition) is 0. The Kier molecular flexibility index (Phi) is 5.56. The first-order valence-corrected chi connectivity index (χ1v) is 11.9. The zero-order valence-corrected chi connectivity index (χ0v) is 18.7. The maximum Gasteiger partial charge on any atom is 0.0234 e. The van der Waals surface area contributed by atoms with Gasteiger partial charge in [0.05, 0.1) is 0 Å². The molecule has 0 spiro atoms. The molecule has 2 aliphatic heterocycles. The molecule has 0 radical (unpaired) electrons. The van der Waals surface area contributed by atoms with Gasteiger partial charge in [0.25, 0.3) is 0 Å². The van der Waals surface area contributed by atoms with E-state index < -0.39 is 0 Å². The molecule has 2 atom stereocenters. The van der Waals surface area contributed by atoms with E-state index in [1.54, 1.807) is 5.57 Å². The minimum Gasteiger partial charge on any atom is -0.298 e. The molecule has 5 rings (SSSR count). The molecule has 2 nitrogen and oxygen atoms in total. The van der Waals surface area contributed by atoms with Gasteiger partial charge in [0.15, 0.2) is 0 Å². The van der Waals surface area contributed by atoms with Crippen LogP contribution in [-0.2, 0) is 13.0 Å². The van der Waals surface area contributed by atoms with Gasteiger partial charge in [0.1, 0.15) is 0 Å². The number of nitrogens with zero attached hydrogens (tertiary/aromatic N) is 2. The van der Waals surface area contributed by atoms with Crippen molar-refractivity contribution in [3.63, 3.8) is 0 Å². The lowest BCUT2D eigenvalue weighted by Crippen LogP contribution is -2.39. The predicted octanol–water partition coefficient (Wildman–Crippen LogP) is 5.64. The molecule has 2 heteroatoms. The highest BCUT2D eigenvalue weighted by atomic mass is 15.2. The third-order valence-corrected chi connectivity index (χ3v) is 7.84. The van der Waals surface area contributed by atoms with Crippen molar-refractivity contribution in [2.45, 2.75) is 51.6 Å². The molecule has 0 N–H and O–H groups in total. The molecule has 2 heterocycles. The largest absolute Gasteiger partial charge is 0.298 e. The van der Waals surface area contributed by atoms with Gasteiger partial charge in [0, 0.05) is 37.6 Å². The van der Waals surface area contributed by atoms with Gasteiger partial charge < -0.3 is 0 Å². The van der Waals surface area contributed by atoms with E-state index in [9.17, 15) is 0 Å². The average Bonchev–Trinajstić information content (AvgIpc) is 3.41. The molecule has 2 saturated heterocycles. The molecule has 2 unspecified atom stereocenters. The maximum atomic E-state index is 2.67. The Hall–Kier alpha value is -1.90. The summed E-state index contributed by atoms with van der Waals surface area (Å²) in [5.41, 5.74) is 6.36. The number of benzene rings is 2.